The standard InChI is InChI=1S/C21H28N2O6/c1-27-18-9-16(17(23(25)26)10-19(18)28-2)20(24)22-11-21(29-3)14-5-12-4-13(7-14)8-15(21)6-12/h9-10,12-15H,4-8,11H2,1-3H3,(H,22,24). The maximum atomic E-state index is 13.0. The van der Waals surface area contributed by atoms with Crippen LogP contribution in [0.25, 0.3) is 0 Å². The first-order valence-electron chi connectivity index (χ1n) is 10.2. The van der Waals surface area contributed by atoms with E-state index in [1.165, 1.54) is 32.8 Å². The van der Waals surface area contributed by atoms with Gasteiger partial charge in [0, 0.05) is 19.7 Å². The molecule has 1 N–H and O–H groups in total. The molecule has 0 unspecified atom stereocenters. The van der Waals surface area contributed by atoms with E-state index in [2.05, 4.69) is 5.32 Å². The summed E-state index contributed by atoms with van der Waals surface area (Å²) in [7, 11) is 4.56. The lowest BCUT2D eigenvalue weighted by Gasteiger charge is -2.60. The molecule has 0 aromatic heterocycles. The van der Waals surface area contributed by atoms with Gasteiger partial charge in [0.2, 0.25) is 0 Å². The van der Waals surface area contributed by atoms with E-state index in [0.29, 0.717) is 18.4 Å². The fourth-order valence-corrected chi connectivity index (χ4v) is 6.19. The number of rotatable bonds is 7. The number of hydrogen-bond acceptors (Lipinski definition) is 6. The van der Waals surface area contributed by atoms with E-state index in [9.17, 15) is 14.9 Å². The second-order valence-corrected chi connectivity index (χ2v) is 8.63. The molecule has 0 saturated heterocycles. The smallest absolute Gasteiger partial charge is 0.286 e. The summed E-state index contributed by atoms with van der Waals surface area (Å²) in [5.74, 6) is 2.42. The summed E-state index contributed by atoms with van der Waals surface area (Å²) in [5.41, 5.74) is -0.728. The Balaban J connectivity index is 1.57. The molecule has 0 aliphatic heterocycles. The van der Waals surface area contributed by atoms with Crippen molar-refractivity contribution in [3.63, 3.8) is 0 Å². The summed E-state index contributed by atoms with van der Waals surface area (Å²) < 4.78 is 16.4. The van der Waals surface area contributed by atoms with Gasteiger partial charge in [-0.2, -0.15) is 0 Å². The number of carbonyl (C=O) groups excluding carboxylic acids is 1. The van der Waals surface area contributed by atoms with Crippen LogP contribution in [-0.4, -0.2) is 44.3 Å². The van der Waals surface area contributed by atoms with Gasteiger partial charge in [0.1, 0.15) is 5.56 Å². The molecular weight excluding hydrogens is 376 g/mol. The molecule has 158 valence electrons. The molecule has 4 saturated carbocycles. The number of benzene rings is 1. The third kappa shape index (κ3) is 3.23. The number of nitrogens with zero attached hydrogens (tertiary/aromatic N) is 1. The van der Waals surface area contributed by atoms with Crippen molar-refractivity contribution in [1.29, 1.82) is 0 Å². The Morgan fingerprint density at radius 1 is 1.07 bits per heavy atom. The van der Waals surface area contributed by atoms with Crippen LogP contribution in [0.3, 0.4) is 0 Å². The molecule has 4 aliphatic rings. The van der Waals surface area contributed by atoms with Crippen LogP contribution in [0.2, 0.25) is 0 Å². The van der Waals surface area contributed by atoms with Gasteiger partial charge in [-0.05, 0) is 55.8 Å². The molecule has 0 atom stereocenters. The first kappa shape index (κ1) is 19.9. The molecule has 0 spiro atoms. The molecule has 4 bridgehead atoms. The zero-order chi connectivity index (χ0) is 20.8. The summed E-state index contributed by atoms with van der Waals surface area (Å²) in [6.45, 7) is 0.364. The van der Waals surface area contributed by atoms with E-state index in [1.54, 1.807) is 7.11 Å². The van der Waals surface area contributed by atoms with Gasteiger partial charge in [-0.1, -0.05) is 0 Å². The Hall–Kier alpha value is -2.35. The summed E-state index contributed by atoms with van der Waals surface area (Å²) in [6.07, 6.45) is 5.91. The van der Waals surface area contributed by atoms with Gasteiger partial charge in [-0.3, -0.25) is 14.9 Å². The summed E-state index contributed by atoms with van der Waals surface area (Å²) in [4.78, 5) is 23.9. The molecule has 29 heavy (non-hydrogen) atoms. The van der Waals surface area contributed by atoms with Crippen LogP contribution < -0.4 is 14.8 Å². The number of nitro groups is 1. The molecule has 1 aromatic carbocycles. The number of nitro benzene ring substituents is 1. The van der Waals surface area contributed by atoms with Crippen molar-refractivity contribution in [1.82, 2.24) is 5.32 Å². The maximum Gasteiger partial charge on any atom is 0.286 e. The largest absolute Gasteiger partial charge is 0.493 e. The summed E-state index contributed by atoms with van der Waals surface area (Å²) in [5, 5.41) is 14.5. The minimum atomic E-state index is -0.578. The van der Waals surface area contributed by atoms with Gasteiger partial charge in [0.05, 0.1) is 30.8 Å². The fourth-order valence-electron chi connectivity index (χ4n) is 6.19. The highest BCUT2D eigenvalue weighted by Crippen LogP contribution is 2.59. The van der Waals surface area contributed by atoms with Gasteiger partial charge in [-0.25, -0.2) is 0 Å². The number of amides is 1. The van der Waals surface area contributed by atoms with Crippen LogP contribution in [0.1, 0.15) is 42.5 Å². The lowest BCUT2D eigenvalue weighted by molar-refractivity contribution is -0.385. The normalized spacial score (nSPS) is 32.1. The lowest BCUT2D eigenvalue weighted by Crippen LogP contribution is -2.63. The zero-order valence-corrected chi connectivity index (χ0v) is 17.1. The fraction of sp³-hybridized carbons (Fsp3) is 0.667. The van der Waals surface area contributed by atoms with Gasteiger partial charge in [-0.15, -0.1) is 0 Å². The second kappa shape index (κ2) is 7.48. The molecule has 0 heterocycles. The minimum absolute atomic E-state index is 0.0391. The molecule has 1 amide bonds. The van der Waals surface area contributed by atoms with Gasteiger partial charge >= 0.3 is 0 Å². The van der Waals surface area contributed by atoms with Gasteiger partial charge in [0.15, 0.2) is 11.5 Å². The average molecular weight is 404 g/mol. The van der Waals surface area contributed by atoms with E-state index in [4.69, 9.17) is 14.2 Å². The van der Waals surface area contributed by atoms with Crippen LogP contribution >= 0.6 is 0 Å². The highest BCUT2D eigenvalue weighted by Gasteiger charge is 2.57. The Labute approximate surface area is 170 Å². The number of carbonyl (C=O) groups is 1. The topological polar surface area (TPSA) is 99.9 Å². The van der Waals surface area contributed by atoms with Crippen molar-refractivity contribution >= 4 is 11.6 Å². The van der Waals surface area contributed by atoms with Gasteiger partial charge in [0.25, 0.3) is 11.6 Å². The molecule has 8 heteroatoms. The third-order valence-electron chi connectivity index (χ3n) is 7.37. The van der Waals surface area contributed by atoms with Crippen LogP contribution in [0, 0.1) is 33.8 Å². The quantitative estimate of drug-likeness (QED) is 0.553. The molecule has 5 rings (SSSR count). The molecular formula is C21H28N2O6. The summed E-state index contributed by atoms with van der Waals surface area (Å²) in [6, 6.07) is 2.59. The van der Waals surface area contributed by atoms with Crippen molar-refractivity contribution < 1.29 is 23.9 Å². The van der Waals surface area contributed by atoms with Crippen molar-refractivity contribution in [3.05, 3.63) is 27.8 Å². The Morgan fingerprint density at radius 3 is 2.10 bits per heavy atom. The Morgan fingerprint density at radius 2 is 1.62 bits per heavy atom. The van der Waals surface area contributed by atoms with Crippen LogP contribution in [0.4, 0.5) is 5.69 Å². The molecule has 1 aromatic rings. The molecule has 4 aliphatic carbocycles. The van der Waals surface area contributed by atoms with Crippen molar-refractivity contribution in [3.8, 4) is 11.5 Å². The summed E-state index contributed by atoms with van der Waals surface area (Å²) >= 11 is 0. The van der Waals surface area contributed by atoms with Crippen LogP contribution in [0.15, 0.2) is 12.1 Å². The number of hydrogen-bond donors (Lipinski definition) is 1. The number of methoxy groups -OCH3 is 3. The minimum Gasteiger partial charge on any atom is -0.493 e. The molecule has 8 nitrogen and oxygen atoms in total. The van der Waals surface area contributed by atoms with E-state index in [0.717, 1.165) is 37.5 Å². The first-order chi connectivity index (χ1) is 13.9. The number of ether oxygens (including phenoxy) is 3. The third-order valence-corrected chi connectivity index (χ3v) is 7.37. The van der Waals surface area contributed by atoms with Crippen molar-refractivity contribution in [2.45, 2.75) is 37.7 Å². The lowest BCUT2D eigenvalue weighted by atomic mass is 9.49. The predicted molar refractivity (Wildman–Crippen MR) is 105 cm³/mol. The van der Waals surface area contributed by atoms with Crippen LogP contribution in [0.5, 0.6) is 11.5 Å². The van der Waals surface area contributed by atoms with Gasteiger partial charge < -0.3 is 19.5 Å². The molecule has 4 fully saturated rings. The van der Waals surface area contributed by atoms with E-state index >= 15 is 0 Å². The Bertz CT molecular complexity index is 796. The molecule has 0 radical (unpaired) electrons. The average Bonchev–Trinajstić information content (AvgIpc) is 2.72. The highest BCUT2D eigenvalue weighted by molar-refractivity contribution is 5.99. The monoisotopic (exact) mass is 404 g/mol. The van der Waals surface area contributed by atoms with E-state index < -0.39 is 10.8 Å². The zero-order valence-electron chi connectivity index (χ0n) is 17.1. The van der Waals surface area contributed by atoms with Crippen LogP contribution in [-0.2, 0) is 4.74 Å². The van der Waals surface area contributed by atoms with E-state index in [1.807, 2.05) is 0 Å². The second-order valence-electron chi connectivity index (χ2n) is 8.63. The Kier molecular flexibility index (Phi) is 5.14. The number of nitrogens with one attached hydrogen (secondary N) is 1. The highest BCUT2D eigenvalue weighted by atomic mass is 16.6. The SMILES string of the molecule is COc1cc(C(=O)NCC2(OC)C3CC4CC(C3)CC2C4)c([N+](=O)[O-])cc1OC. The maximum absolute atomic E-state index is 13.0. The van der Waals surface area contributed by atoms with Crippen molar-refractivity contribution in [2.75, 3.05) is 27.9 Å². The van der Waals surface area contributed by atoms with E-state index in [-0.39, 0.29) is 28.4 Å². The van der Waals surface area contributed by atoms with Crippen molar-refractivity contribution in [2.24, 2.45) is 23.7 Å². The predicted octanol–water partition coefficient (Wildman–Crippen LogP) is 3.18. The first-order valence-corrected chi connectivity index (χ1v) is 10.2.